The predicted octanol–water partition coefficient (Wildman–Crippen LogP) is 7.10. The fourth-order valence-corrected chi connectivity index (χ4v) is 7.01. The summed E-state index contributed by atoms with van der Waals surface area (Å²) in [6, 6.07) is 23.9. The summed E-state index contributed by atoms with van der Waals surface area (Å²) < 4.78 is 14.3. The number of fused-ring (bicyclic) bond motifs is 5. The maximum absolute atomic E-state index is 14.6. The van der Waals surface area contributed by atoms with Gasteiger partial charge in [0.1, 0.15) is 17.3 Å². The number of carbonyl (C=O) groups excluding carboxylic acids is 3. The summed E-state index contributed by atoms with van der Waals surface area (Å²) in [5, 5.41) is 0.491. The summed E-state index contributed by atoms with van der Waals surface area (Å²) >= 11 is 6.14. The Morgan fingerprint density at radius 1 is 0.875 bits per heavy atom. The van der Waals surface area contributed by atoms with E-state index in [4.69, 9.17) is 11.6 Å². The summed E-state index contributed by atoms with van der Waals surface area (Å²) in [5.41, 5.74) is 2.47. The van der Waals surface area contributed by atoms with Crippen molar-refractivity contribution < 1.29 is 18.8 Å². The molecule has 7 rings (SSSR count). The molecule has 0 unspecified atom stereocenters. The van der Waals surface area contributed by atoms with Crippen molar-refractivity contribution in [2.24, 2.45) is 5.41 Å². The van der Waals surface area contributed by atoms with E-state index < -0.39 is 29.2 Å². The van der Waals surface area contributed by atoms with E-state index in [0.29, 0.717) is 33.0 Å². The fourth-order valence-electron chi connectivity index (χ4n) is 6.88. The number of hydrogen-bond acceptors (Lipinski definition) is 4. The SMILES string of the molecule is Cc1ccc([C@H]2[C@H](C(=O)c3ccc(Cl)cc3)N3c4ccc(F)cc4C=C[C@@H]3C23C(=O)c2ccccc2C3=O)cc1. The largest absolute Gasteiger partial charge is 0.352 e. The van der Waals surface area contributed by atoms with Crippen LogP contribution in [0, 0.1) is 18.2 Å². The first-order valence-electron chi connectivity index (χ1n) is 13.1. The molecular weight excluding hydrogens is 525 g/mol. The number of benzene rings is 4. The second-order valence-corrected chi connectivity index (χ2v) is 11.1. The summed E-state index contributed by atoms with van der Waals surface area (Å²) in [5.74, 6) is -2.06. The molecule has 4 aromatic rings. The van der Waals surface area contributed by atoms with Crippen molar-refractivity contribution in [2.75, 3.05) is 4.90 Å². The molecule has 196 valence electrons. The lowest BCUT2D eigenvalue weighted by atomic mass is 9.64. The summed E-state index contributed by atoms with van der Waals surface area (Å²) in [6.07, 6.45) is 3.55. The van der Waals surface area contributed by atoms with Gasteiger partial charge in [-0.05, 0) is 55.0 Å². The Balaban J connectivity index is 1.54. The first-order valence-corrected chi connectivity index (χ1v) is 13.5. The second-order valence-electron chi connectivity index (χ2n) is 10.7. The predicted molar refractivity (Wildman–Crippen MR) is 153 cm³/mol. The molecule has 6 heteroatoms. The highest BCUT2D eigenvalue weighted by atomic mass is 35.5. The van der Waals surface area contributed by atoms with Crippen molar-refractivity contribution in [1.29, 1.82) is 0 Å². The van der Waals surface area contributed by atoms with Crippen LogP contribution >= 0.6 is 11.6 Å². The van der Waals surface area contributed by atoms with Crippen LogP contribution in [0.25, 0.3) is 6.08 Å². The lowest BCUT2D eigenvalue weighted by Crippen LogP contribution is -2.48. The number of nitrogens with zero attached hydrogens (tertiary/aromatic N) is 1. The van der Waals surface area contributed by atoms with Gasteiger partial charge in [-0.15, -0.1) is 0 Å². The third-order valence-electron chi connectivity index (χ3n) is 8.60. The van der Waals surface area contributed by atoms with E-state index >= 15 is 0 Å². The van der Waals surface area contributed by atoms with Crippen LogP contribution in [0.5, 0.6) is 0 Å². The average molecular weight is 548 g/mol. The quantitative estimate of drug-likeness (QED) is 0.203. The van der Waals surface area contributed by atoms with Gasteiger partial charge in [0.2, 0.25) is 0 Å². The molecule has 3 aliphatic rings. The number of hydrogen-bond donors (Lipinski definition) is 0. The molecule has 0 N–H and O–H groups in total. The fraction of sp³-hybridized carbons (Fsp3) is 0.147. The number of rotatable bonds is 3. The van der Waals surface area contributed by atoms with Gasteiger partial charge in [0.05, 0.1) is 6.04 Å². The lowest BCUT2D eigenvalue weighted by molar-refractivity contribution is 0.0666. The van der Waals surface area contributed by atoms with E-state index in [0.717, 1.165) is 11.1 Å². The van der Waals surface area contributed by atoms with E-state index in [1.165, 1.54) is 12.1 Å². The Kier molecular flexibility index (Phi) is 5.45. The van der Waals surface area contributed by atoms with Crippen LogP contribution in [0.4, 0.5) is 10.1 Å². The monoisotopic (exact) mass is 547 g/mol. The number of halogens is 2. The summed E-state index contributed by atoms with van der Waals surface area (Å²) in [7, 11) is 0. The molecule has 0 saturated carbocycles. The smallest absolute Gasteiger partial charge is 0.185 e. The standard InChI is InChI=1S/C34H23ClFNO3/c1-19-6-8-20(9-7-19)29-30(31(38)21-10-13-23(35)14-11-21)37-27-16-15-24(36)18-22(27)12-17-28(37)34(29)32(39)25-4-2-3-5-26(25)33(34)40/h2-18,28-30H,1H3/t28-,29+,30-/m1/s1. The van der Waals surface area contributed by atoms with Crippen LogP contribution in [-0.4, -0.2) is 29.4 Å². The van der Waals surface area contributed by atoms with Crippen molar-refractivity contribution in [1.82, 2.24) is 0 Å². The van der Waals surface area contributed by atoms with E-state index in [-0.39, 0.29) is 17.3 Å². The molecule has 0 amide bonds. The molecule has 0 bridgehead atoms. The van der Waals surface area contributed by atoms with Gasteiger partial charge in [0.25, 0.3) is 0 Å². The van der Waals surface area contributed by atoms with Crippen LogP contribution in [0.15, 0.2) is 97.1 Å². The molecule has 1 spiro atoms. The van der Waals surface area contributed by atoms with Crippen molar-refractivity contribution >= 4 is 40.7 Å². The van der Waals surface area contributed by atoms with Gasteiger partial charge in [-0.1, -0.05) is 77.8 Å². The van der Waals surface area contributed by atoms with E-state index in [1.54, 1.807) is 66.7 Å². The molecule has 0 aromatic heterocycles. The third-order valence-corrected chi connectivity index (χ3v) is 8.85. The topological polar surface area (TPSA) is 54.5 Å². The molecular formula is C34H23ClFNO3. The molecule has 4 nitrogen and oxygen atoms in total. The maximum atomic E-state index is 14.6. The van der Waals surface area contributed by atoms with Gasteiger partial charge in [0.15, 0.2) is 17.3 Å². The Hall–Kier alpha value is -4.35. The van der Waals surface area contributed by atoms with Gasteiger partial charge in [-0.25, -0.2) is 4.39 Å². The number of ketones is 3. The van der Waals surface area contributed by atoms with Crippen LogP contribution in [0.1, 0.15) is 53.7 Å². The molecule has 3 atom stereocenters. The molecule has 4 aromatic carbocycles. The molecule has 2 heterocycles. The lowest BCUT2D eigenvalue weighted by Gasteiger charge is -2.37. The number of aryl methyl sites for hydroxylation is 1. The summed E-state index contributed by atoms with van der Waals surface area (Å²) in [4.78, 5) is 45.6. The van der Waals surface area contributed by atoms with Crippen molar-refractivity contribution in [3.63, 3.8) is 0 Å². The first kappa shape index (κ1) is 24.7. The Bertz CT molecular complexity index is 1720. The normalized spacial score (nSPS) is 21.9. The van der Waals surface area contributed by atoms with Crippen molar-refractivity contribution in [3.8, 4) is 0 Å². The zero-order valence-corrected chi connectivity index (χ0v) is 22.2. The Morgan fingerprint density at radius 2 is 1.52 bits per heavy atom. The van der Waals surface area contributed by atoms with Gasteiger partial charge in [0, 0.05) is 38.9 Å². The number of carbonyl (C=O) groups is 3. The van der Waals surface area contributed by atoms with Gasteiger partial charge < -0.3 is 4.90 Å². The Morgan fingerprint density at radius 3 is 2.17 bits per heavy atom. The highest BCUT2D eigenvalue weighted by Gasteiger charge is 2.71. The number of Topliss-reactive ketones (excluding diaryl/α,β-unsaturated/α-hetero) is 3. The average Bonchev–Trinajstić information content (AvgIpc) is 3.39. The molecule has 0 radical (unpaired) electrons. The van der Waals surface area contributed by atoms with Gasteiger partial charge in [-0.2, -0.15) is 0 Å². The minimum absolute atomic E-state index is 0.244. The highest BCUT2D eigenvalue weighted by molar-refractivity contribution is 6.32. The van der Waals surface area contributed by atoms with E-state index in [2.05, 4.69) is 0 Å². The number of anilines is 1. The zero-order valence-electron chi connectivity index (χ0n) is 21.5. The Labute approximate surface area is 235 Å². The van der Waals surface area contributed by atoms with Crippen molar-refractivity contribution in [2.45, 2.75) is 24.9 Å². The highest BCUT2D eigenvalue weighted by Crippen LogP contribution is 2.61. The molecule has 40 heavy (non-hydrogen) atoms. The molecule has 1 saturated heterocycles. The van der Waals surface area contributed by atoms with Gasteiger partial charge >= 0.3 is 0 Å². The zero-order chi connectivity index (χ0) is 27.8. The van der Waals surface area contributed by atoms with Crippen molar-refractivity contribution in [3.05, 3.63) is 141 Å². The van der Waals surface area contributed by atoms with E-state index in [1.807, 2.05) is 36.1 Å². The first-order chi connectivity index (χ1) is 19.3. The minimum atomic E-state index is -1.59. The van der Waals surface area contributed by atoms with Crippen LogP contribution in [0.3, 0.4) is 0 Å². The minimum Gasteiger partial charge on any atom is -0.352 e. The van der Waals surface area contributed by atoms with Crippen LogP contribution in [0.2, 0.25) is 5.02 Å². The maximum Gasteiger partial charge on any atom is 0.185 e. The molecule has 1 aliphatic carbocycles. The molecule has 1 fully saturated rings. The molecule has 2 aliphatic heterocycles. The van der Waals surface area contributed by atoms with Crippen LogP contribution < -0.4 is 4.90 Å². The summed E-state index contributed by atoms with van der Waals surface area (Å²) in [6.45, 7) is 1.96. The van der Waals surface area contributed by atoms with Crippen LogP contribution in [-0.2, 0) is 0 Å². The van der Waals surface area contributed by atoms with E-state index in [9.17, 15) is 18.8 Å². The van der Waals surface area contributed by atoms with Gasteiger partial charge in [-0.3, -0.25) is 14.4 Å². The second kappa shape index (κ2) is 8.83. The third kappa shape index (κ3) is 3.28.